The summed E-state index contributed by atoms with van der Waals surface area (Å²) in [5.74, 6) is -0.726. The summed E-state index contributed by atoms with van der Waals surface area (Å²) in [5.41, 5.74) is 0.890. The summed E-state index contributed by atoms with van der Waals surface area (Å²) < 4.78 is 16.4. The van der Waals surface area contributed by atoms with E-state index < -0.39 is 6.09 Å². The van der Waals surface area contributed by atoms with Crippen LogP contribution in [0.2, 0.25) is 0 Å². The van der Waals surface area contributed by atoms with Crippen LogP contribution in [-0.2, 0) is 30.4 Å². The van der Waals surface area contributed by atoms with Gasteiger partial charge in [-0.3, -0.25) is 14.5 Å². The molecule has 2 bridgehead atoms. The van der Waals surface area contributed by atoms with E-state index in [4.69, 9.17) is 14.2 Å². The van der Waals surface area contributed by atoms with Gasteiger partial charge in [0.2, 0.25) is 0 Å². The average Bonchev–Trinajstić information content (AvgIpc) is 2.63. The van der Waals surface area contributed by atoms with E-state index in [-0.39, 0.29) is 42.8 Å². The van der Waals surface area contributed by atoms with Crippen molar-refractivity contribution in [1.29, 1.82) is 0 Å². The Labute approximate surface area is 158 Å². The Morgan fingerprint density at radius 3 is 1.89 bits per heavy atom. The highest BCUT2D eigenvalue weighted by molar-refractivity contribution is 5.70. The first-order chi connectivity index (χ1) is 13.0. The third kappa shape index (κ3) is 4.59. The molecular weight excluding hydrogens is 350 g/mol. The number of hydrogen-bond acceptors (Lipinski definition) is 6. The van der Waals surface area contributed by atoms with E-state index in [9.17, 15) is 14.4 Å². The predicted octanol–water partition coefficient (Wildman–Crippen LogP) is 2.81. The second-order valence-corrected chi connectivity index (χ2v) is 7.03. The number of piperidine rings is 2. The van der Waals surface area contributed by atoms with Crippen molar-refractivity contribution in [1.82, 2.24) is 4.90 Å². The molecule has 0 spiro atoms. The molecular formula is C20H25NO6. The van der Waals surface area contributed by atoms with E-state index in [1.165, 1.54) is 13.8 Å². The molecule has 0 aromatic heterocycles. The van der Waals surface area contributed by atoms with Crippen LogP contribution in [0.1, 0.15) is 45.1 Å². The molecule has 0 saturated carbocycles. The van der Waals surface area contributed by atoms with E-state index in [0.29, 0.717) is 25.7 Å². The fourth-order valence-corrected chi connectivity index (χ4v) is 4.07. The molecule has 4 atom stereocenters. The average molecular weight is 375 g/mol. The fraction of sp³-hybridized carbons (Fsp3) is 0.550. The first-order valence-corrected chi connectivity index (χ1v) is 9.29. The molecule has 146 valence electrons. The minimum absolute atomic E-state index is 0.159. The fourth-order valence-electron chi connectivity index (χ4n) is 4.07. The van der Waals surface area contributed by atoms with Gasteiger partial charge in [0, 0.05) is 13.8 Å². The smallest absolute Gasteiger partial charge is 0.410 e. The molecule has 2 fully saturated rings. The highest BCUT2D eigenvalue weighted by Gasteiger charge is 2.49. The van der Waals surface area contributed by atoms with Gasteiger partial charge in [-0.2, -0.15) is 0 Å². The molecule has 0 unspecified atom stereocenters. The summed E-state index contributed by atoms with van der Waals surface area (Å²) in [6.45, 7) is 2.90. The lowest BCUT2D eigenvalue weighted by Crippen LogP contribution is -2.64. The largest absolute Gasteiger partial charge is 0.460 e. The maximum absolute atomic E-state index is 12.9. The number of fused-ring (bicyclic) bond motifs is 2. The van der Waals surface area contributed by atoms with Gasteiger partial charge in [0.25, 0.3) is 0 Å². The van der Waals surface area contributed by atoms with Crippen LogP contribution in [0, 0.1) is 0 Å². The van der Waals surface area contributed by atoms with Gasteiger partial charge in [-0.1, -0.05) is 30.3 Å². The summed E-state index contributed by atoms with van der Waals surface area (Å²) >= 11 is 0. The molecule has 2 aliphatic heterocycles. The molecule has 7 nitrogen and oxygen atoms in total. The third-order valence-corrected chi connectivity index (χ3v) is 5.12. The molecule has 27 heavy (non-hydrogen) atoms. The predicted molar refractivity (Wildman–Crippen MR) is 95.6 cm³/mol. The van der Waals surface area contributed by atoms with E-state index in [2.05, 4.69) is 0 Å². The topological polar surface area (TPSA) is 82.1 Å². The summed E-state index contributed by atoms with van der Waals surface area (Å²) in [6, 6.07) is 8.90. The number of rotatable bonds is 4. The normalized spacial score (nSPS) is 26.8. The van der Waals surface area contributed by atoms with Crippen molar-refractivity contribution in [2.45, 2.75) is 70.4 Å². The van der Waals surface area contributed by atoms with Crippen LogP contribution in [0.5, 0.6) is 0 Å². The SMILES string of the molecule is CC(=O)O[C@H]1CC[C@H]2[C@@H](OC(C)=O)CC[C@@H]1N2C(=O)OCc1ccccc1. The summed E-state index contributed by atoms with van der Waals surface area (Å²) in [4.78, 5) is 37.4. The lowest BCUT2D eigenvalue weighted by atomic mass is 9.81. The molecule has 3 rings (SSSR count). The summed E-state index contributed by atoms with van der Waals surface area (Å²) in [6.07, 6.45) is 1.26. The number of hydrogen-bond donors (Lipinski definition) is 0. The Hall–Kier alpha value is -2.57. The maximum Gasteiger partial charge on any atom is 0.410 e. The van der Waals surface area contributed by atoms with Crippen LogP contribution in [-0.4, -0.2) is 47.2 Å². The zero-order chi connectivity index (χ0) is 19.4. The van der Waals surface area contributed by atoms with Crippen molar-refractivity contribution >= 4 is 18.0 Å². The van der Waals surface area contributed by atoms with Crippen LogP contribution >= 0.6 is 0 Å². The minimum atomic E-state index is -0.470. The van der Waals surface area contributed by atoms with Gasteiger partial charge in [-0.05, 0) is 31.2 Å². The Kier molecular flexibility index (Phi) is 5.98. The van der Waals surface area contributed by atoms with Crippen molar-refractivity contribution in [2.75, 3.05) is 0 Å². The lowest BCUT2D eigenvalue weighted by molar-refractivity contribution is -0.168. The zero-order valence-electron chi connectivity index (χ0n) is 15.6. The Morgan fingerprint density at radius 2 is 1.41 bits per heavy atom. The van der Waals surface area contributed by atoms with Gasteiger partial charge < -0.3 is 14.2 Å². The second kappa shape index (κ2) is 8.41. The Morgan fingerprint density at radius 1 is 0.889 bits per heavy atom. The van der Waals surface area contributed by atoms with Crippen molar-refractivity contribution in [3.63, 3.8) is 0 Å². The van der Waals surface area contributed by atoms with E-state index in [1.807, 2.05) is 30.3 Å². The van der Waals surface area contributed by atoms with E-state index in [1.54, 1.807) is 4.90 Å². The Bertz CT molecular complexity index is 659. The number of carbonyl (C=O) groups is 3. The Balaban J connectivity index is 1.75. The van der Waals surface area contributed by atoms with Crippen LogP contribution in [0.3, 0.4) is 0 Å². The molecule has 0 N–H and O–H groups in total. The van der Waals surface area contributed by atoms with Crippen molar-refractivity contribution in [3.8, 4) is 0 Å². The van der Waals surface area contributed by atoms with Crippen LogP contribution in [0.25, 0.3) is 0 Å². The van der Waals surface area contributed by atoms with E-state index >= 15 is 0 Å². The van der Waals surface area contributed by atoms with Crippen LogP contribution < -0.4 is 0 Å². The molecule has 2 heterocycles. The third-order valence-electron chi connectivity index (χ3n) is 5.12. The molecule has 0 aliphatic carbocycles. The summed E-state index contributed by atoms with van der Waals surface area (Å²) in [7, 11) is 0. The number of carbonyl (C=O) groups excluding carboxylic acids is 3. The van der Waals surface area contributed by atoms with Gasteiger partial charge in [0.15, 0.2) is 0 Å². The van der Waals surface area contributed by atoms with Crippen LogP contribution in [0.4, 0.5) is 4.79 Å². The van der Waals surface area contributed by atoms with Gasteiger partial charge in [-0.25, -0.2) is 4.79 Å². The number of nitrogens with zero attached hydrogens (tertiary/aromatic N) is 1. The zero-order valence-corrected chi connectivity index (χ0v) is 15.6. The molecule has 1 aromatic rings. The van der Waals surface area contributed by atoms with Crippen molar-refractivity contribution in [2.24, 2.45) is 0 Å². The standard InChI is InChI=1S/C20H25NO6/c1-13(22)26-18-10-8-17-19(27-14(2)23)11-9-16(18)21(17)20(24)25-12-15-6-4-3-5-7-15/h3-7,16-19H,8-12H2,1-2H3/t16-,17-,18-,19-/m0/s1. The molecule has 7 heteroatoms. The number of benzene rings is 1. The molecule has 2 aliphatic rings. The van der Waals surface area contributed by atoms with Crippen molar-refractivity contribution in [3.05, 3.63) is 35.9 Å². The van der Waals surface area contributed by atoms with Crippen molar-refractivity contribution < 1.29 is 28.6 Å². The molecule has 1 amide bonds. The lowest BCUT2D eigenvalue weighted by Gasteiger charge is -2.50. The minimum Gasteiger partial charge on any atom is -0.460 e. The first kappa shape index (κ1) is 19.2. The maximum atomic E-state index is 12.9. The highest BCUT2D eigenvalue weighted by atomic mass is 16.6. The highest BCUT2D eigenvalue weighted by Crippen LogP contribution is 2.37. The van der Waals surface area contributed by atoms with Crippen LogP contribution in [0.15, 0.2) is 30.3 Å². The second-order valence-electron chi connectivity index (χ2n) is 7.03. The van der Waals surface area contributed by atoms with E-state index in [0.717, 1.165) is 5.56 Å². The quantitative estimate of drug-likeness (QED) is 0.594. The monoisotopic (exact) mass is 375 g/mol. The number of ether oxygens (including phenoxy) is 3. The van der Waals surface area contributed by atoms with Gasteiger partial charge in [0.1, 0.15) is 18.8 Å². The first-order valence-electron chi connectivity index (χ1n) is 9.29. The van der Waals surface area contributed by atoms with Gasteiger partial charge in [-0.15, -0.1) is 0 Å². The molecule has 0 radical (unpaired) electrons. The summed E-state index contributed by atoms with van der Waals surface area (Å²) in [5, 5.41) is 0. The molecule has 2 saturated heterocycles. The number of esters is 2. The molecule has 1 aromatic carbocycles. The van der Waals surface area contributed by atoms with Gasteiger partial charge >= 0.3 is 18.0 Å². The number of amides is 1. The van der Waals surface area contributed by atoms with Gasteiger partial charge in [0.05, 0.1) is 12.1 Å².